The highest BCUT2D eigenvalue weighted by Gasteiger charge is 2.34. The Kier molecular flexibility index (Phi) is 6.98. The van der Waals surface area contributed by atoms with Crippen LogP contribution < -0.4 is 5.32 Å². The number of esters is 1. The van der Waals surface area contributed by atoms with Crippen LogP contribution in [-0.2, 0) is 14.3 Å². The Labute approximate surface area is 124 Å². The van der Waals surface area contributed by atoms with E-state index in [1.165, 1.54) is 4.90 Å². The predicted octanol–water partition coefficient (Wildman–Crippen LogP) is 1.22. The van der Waals surface area contributed by atoms with Crippen LogP contribution in [0.5, 0.6) is 0 Å². The maximum absolute atomic E-state index is 12.2. The molecule has 1 fully saturated rings. The van der Waals surface area contributed by atoms with Crippen molar-refractivity contribution >= 4 is 18.0 Å². The zero-order valence-corrected chi connectivity index (χ0v) is 12.6. The third kappa shape index (κ3) is 5.24. The number of urea groups is 1. The third-order valence-corrected chi connectivity index (χ3v) is 3.55. The van der Waals surface area contributed by atoms with Crippen molar-refractivity contribution < 1.29 is 24.2 Å². The number of ether oxygens (including phenoxy) is 1. The summed E-state index contributed by atoms with van der Waals surface area (Å²) in [4.78, 5) is 36.2. The van der Waals surface area contributed by atoms with Crippen molar-refractivity contribution in [3.63, 3.8) is 0 Å². The fraction of sp³-hybridized carbons (Fsp3) is 0.786. The summed E-state index contributed by atoms with van der Waals surface area (Å²) in [7, 11) is 0. The normalized spacial score (nSPS) is 20.9. The second-order valence-electron chi connectivity index (χ2n) is 5.16. The highest BCUT2D eigenvalue weighted by Crippen LogP contribution is 2.25. The second kappa shape index (κ2) is 8.49. The predicted molar refractivity (Wildman–Crippen MR) is 75.8 cm³/mol. The van der Waals surface area contributed by atoms with Gasteiger partial charge in [0.15, 0.2) is 0 Å². The molecule has 2 amide bonds. The first-order valence-corrected chi connectivity index (χ1v) is 7.43. The van der Waals surface area contributed by atoms with E-state index < -0.39 is 23.9 Å². The van der Waals surface area contributed by atoms with E-state index in [1.807, 2.05) is 6.92 Å². The van der Waals surface area contributed by atoms with Gasteiger partial charge in [0, 0.05) is 12.6 Å². The van der Waals surface area contributed by atoms with Crippen molar-refractivity contribution in [2.75, 3.05) is 19.7 Å². The molecule has 1 aliphatic carbocycles. The first-order valence-electron chi connectivity index (χ1n) is 7.43. The minimum absolute atomic E-state index is 0.113. The van der Waals surface area contributed by atoms with Gasteiger partial charge in [0.1, 0.15) is 6.54 Å². The Morgan fingerprint density at radius 2 is 2.00 bits per heavy atom. The minimum atomic E-state index is -0.884. The van der Waals surface area contributed by atoms with Gasteiger partial charge in [-0.05, 0) is 26.2 Å². The van der Waals surface area contributed by atoms with E-state index in [9.17, 15) is 14.4 Å². The molecule has 7 heteroatoms. The molecule has 0 aromatic heterocycles. The maximum Gasteiger partial charge on any atom is 0.325 e. The van der Waals surface area contributed by atoms with Gasteiger partial charge in [-0.2, -0.15) is 0 Å². The van der Waals surface area contributed by atoms with Crippen molar-refractivity contribution in [1.82, 2.24) is 10.2 Å². The zero-order valence-electron chi connectivity index (χ0n) is 12.6. The van der Waals surface area contributed by atoms with Gasteiger partial charge >= 0.3 is 18.0 Å². The van der Waals surface area contributed by atoms with Gasteiger partial charge in [-0.1, -0.05) is 13.3 Å². The van der Waals surface area contributed by atoms with Gasteiger partial charge in [-0.3, -0.25) is 9.59 Å². The highest BCUT2D eigenvalue weighted by atomic mass is 16.5. The Balaban J connectivity index is 2.59. The van der Waals surface area contributed by atoms with E-state index in [1.54, 1.807) is 6.92 Å². The Hall–Kier alpha value is -1.79. The van der Waals surface area contributed by atoms with Crippen LogP contribution in [0.1, 0.15) is 39.5 Å². The summed E-state index contributed by atoms with van der Waals surface area (Å²) in [5.74, 6) is -1.88. The molecule has 1 saturated carbocycles. The largest absolute Gasteiger partial charge is 0.481 e. The van der Waals surface area contributed by atoms with Crippen LogP contribution in [0.4, 0.5) is 4.79 Å². The fourth-order valence-electron chi connectivity index (χ4n) is 2.56. The number of nitrogens with one attached hydrogen (secondary N) is 1. The minimum Gasteiger partial charge on any atom is -0.481 e. The van der Waals surface area contributed by atoms with E-state index in [-0.39, 0.29) is 19.2 Å². The van der Waals surface area contributed by atoms with Crippen molar-refractivity contribution in [3.8, 4) is 0 Å². The van der Waals surface area contributed by atoms with E-state index in [0.717, 1.165) is 6.42 Å². The number of carboxylic acid groups (broad SMARTS) is 1. The lowest BCUT2D eigenvalue weighted by Crippen LogP contribution is -2.49. The number of amides is 2. The quantitative estimate of drug-likeness (QED) is 0.689. The van der Waals surface area contributed by atoms with Crippen LogP contribution >= 0.6 is 0 Å². The molecule has 0 aromatic rings. The number of hydrogen-bond acceptors (Lipinski definition) is 4. The van der Waals surface area contributed by atoms with E-state index >= 15 is 0 Å². The number of rotatable bonds is 7. The van der Waals surface area contributed by atoms with E-state index in [4.69, 9.17) is 9.84 Å². The maximum atomic E-state index is 12.2. The molecule has 0 heterocycles. The summed E-state index contributed by atoms with van der Waals surface area (Å²) in [5.41, 5.74) is 0. The lowest BCUT2D eigenvalue weighted by molar-refractivity contribution is -0.144. The average molecular weight is 300 g/mol. The molecule has 0 aromatic carbocycles. The third-order valence-electron chi connectivity index (χ3n) is 3.55. The molecule has 0 spiro atoms. The van der Waals surface area contributed by atoms with Gasteiger partial charge < -0.3 is 20.1 Å². The Bertz CT molecular complexity index is 386. The SMILES string of the molecule is CCCN(CC(=O)OCC)C(=O)NC1CCCC1C(=O)O. The van der Waals surface area contributed by atoms with Crippen LogP contribution in [0.3, 0.4) is 0 Å². The van der Waals surface area contributed by atoms with E-state index in [2.05, 4.69) is 5.32 Å². The van der Waals surface area contributed by atoms with Crippen LogP contribution in [0, 0.1) is 5.92 Å². The molecular weight excluding hydrogens is 276 g/mol. The molecule has 1 rings (SSSR count). The van der Waals surface area contributed by atoms with E-state index in [0.29, 0.717) is 25.8 Å². The molecule has 2 unspecified atom stereocenters. The monoisotopic (exact) mass is 300 g/mol. The van der Waals surface area contributed by atoms with Crippen molar-refractivity contribution in [2.24, 2.45) is 5.92 Å². The van der Waals surface area contributed by atoms with Crippen molar-refractivity contribution in [2.45, 2.75) is 45.6 Å². The molecule has 1 aliphatic rings. The highest BCUT2D eigenvalue weighted by molar-refractivity contribution is 5.82. The molecule has 7 nitrogen and oxygen atoms in total. The van der Waals surface area contributed by atoms with Crippen molar-refractivity contribution in [3.05, 3.63) is 0 Å². The van der Waals surface area contributed by atoms with Gasteiger partial charge in [-0.25, -0.2) is 4.79 Å². The molecule has 2 atom stereocenters. The van der Waals surface area contributed by atoms with Crippen LogP contribution in [0.15, 0.2) is 0 Å². The average Bonchev–Trinajstić information content (AvgIpc) is 2.86. The smallest absolute Gasteiger partial charge is 0.325 e. The molecule has 120 valence electrons. The summed E-state index contributed by atoms with van der Waals surface area (Å²) in [6.07, 6.45) is 2.72. The van der Waals surface area contributed by atoms with Gasteiger partial charge in [0.25, 0.3) is 0 Å². The first kappa shape index (κ1) is 17.3. The van der Waals surface area contributed by atoms with Crippen LogP contribution in [-0.4, -0.2) is 53.7 Å². The summed E-state index contributed by atoms with van der Waals surface area (Å²) >= 11 is 0. The van der Waals surface area contributed by atoms with Gasteiger partial charge in [0.05, 0.1) is 12.5 Å². The molecule has 0 aliphatic heterocycles. The molecule has 0 radical (unpaired) electrons. The standard InChI is InChI=1S/C14H24N2O5/c1-3-8-16(9-12(17)21-4-2)14(20)15-11-7-5-6-10(11)13(18)19/h10-11H,3-9H2,1-2H3,(H,15,20)(H,18,19). The summed E-state index contributed by atoms with van der Waals surface area (Å²) < 4.78 is 4.84. The molecule has 0 saturated heterocycles. The second-order valence-corrected chi connectivity index (χ2v) is 5.16. The summed E-state index contributed by atoms with van der Waals surface area (Å²) in [6, 6.07) is -0.764. The number of carbonyl (C=O) groups excluding carboxylic acids is 2. The number of nitrogens with zero attached hydrogens (tertiary/aromatic N) is 1. The Morgan fingerprint density at radius 3 is 2.57 bits per heavy atom. The number of aliphatic carboxylic acids is 1. The van der Waals surface area contributed by atoms with Crippen LogP contribution in [0.25, 0.3) is 0 Å². The first-order chi connectivity index (χ1) is 9.99. The number of carboxylic acids is 1. The molecule has 0 bridgehead atoms. The topological polar surface area (TPSA) is 95.9 Å². The number of hydrogen-bond donors (Lipinski definition) is 2. The molecule has 21 heavy (non-hydrogen) atoms. The summed E-state index contributed by atoms with van der Waals surface area (Å²) in [5, 5.41) is 11.9. The Morgan fingerprint density at radius 1 is 1.29 bits per heavy atom. The van der Waals surface area contributed by atoms with Crippen LogP contribution in [0.2, 0.25) is 0 Å². The zero-order chi connectivity index (χ0) is 15.8. The van der Waals surface area contributed by atoms with Gasteiger partial charge in [-0.15, -0.1) is 0 Å². The summed E-state index contributed by atoms with van der Waals surface area (Å²) in [6.45, 7) is 4.19. The molecular formula is C14H24N2O5. The van der Waals surface area contributed by atoms with Gasteiger partial charge in [0.2, 0.25) is 0 Å². The number of carbonyl (C=O) groups is 3. The van der Waals surface area contributed by atoms with Crippen molar-refractivity contribution in [1.29, 1.82) is 0 Å². The fourth-order valence-corrected chi connectivity index (χ4v) is 2.56. The lowest BCUT2D eigenvalue weighted by atomic mass is 10.0. The lowest BCUT2D eigenvalue weighted by Gasteiger charge is -2.25. The molecule has 2 N–H and O–H groups in total.